The van der Waals surface area contributed by atoms with Gasteiger partial charge in [-0.05, 0) is 42.0 Å². The quantitative estimate of drug-likeness (QED) is 0.863. The van der Waals surface area contributed by atoms with E-state index >= 15 is 0 Å². The van der Waals surface area contributed by atoms with Gasteiger partial charge in [-0.3, -0.25) is 0 Å². The highest BCUT2D eigenvalue weighted by atomic mass is 79.9. The zero-order valence-electron chi connectivity index (χ0n) is 10.5. The Hall–Kier alpha value is -1.15. The first-order valence-electron chi connectivity index (χ1n) is 5.66. The summed E-state index contributed by atoms with van der Waals surface area (Å²) in [6.07, 6.45) is 0. The highest BCUT2D eigenvalue weighted by Gasteiger charge is 2.11. The fourth-order valence-electron chi connectivity index (χ4n) is 1.63. The minimum atomic E-state index is -3.82. The molecule has 2 N–H and O–H groups in total. The number of rotatable bonds is 4. The maximum Gasteiger partial charge on any atom is 0.238 e. The molecule has 0 bridgehead atoms. The van der Waals surface area contributed by atoms with Crippen molar-refractivity contribution in [1.82, 2.24) is 0 Å². The predicted molar refractivity (Wildman–Crippen MR) is 81.3 cm³/mol. The zero-order chi connectivity index (χ0) is 15.6. The summed E-state index contributed by atoms with van der Waals surface area (Å²) in [4.78, 5) is -0.103. The Bertz CT molecular complexity index is 763. The van der Waals surface area contributed by atoms with Crippen LogP contribution in [0, 0.1) is 5.82 Å². The Labute approximate surface area is 134 Å². The third kappa shape index (κ3) is 4.41. The Morgan fingerprint density at radius 1 is 1.24 bits per heavy atom. The molecule has 0 spiro atoms. The Balaban J connectivity index is 2.17. The standard InChI is InChI=1S/C13H10BrClFNO3S/c14-9-3-8(4-10(16)5-9)7-20-13-2-1-11(6-12(13)15)21(17,18)19/h1-6H,7H2,(H2,17,18,19). The SMILES string of the molecule is NS(=O)(=O)c1ccc(OCc2cc(F)cc(Br)c2)c(Cl)c1. The molecule has 0 atom stereocenters. The van der Waals surface area contributed by atoms with Crippen molar-refractivity contribution in [2.75, 3.05) is 0 Å². The summed E-state index contributed by atoms with van der Waals surface area (Å²) < 4.78 is 41.6. The van der Waals surface area contributed by atoms with E-state index in [2.05, 4.69) is 15.9 Å². The molecule has 0 saturated heterocycles. The molecule has 0 saturated carbocycles. The van der Waals surface area contributed by atoms with Crippen LogP contribution in [0.25, 0.3) is 0 Å². The molecule has 21 heavy (non-hydrogen) atoms. The van der Waals surface area contributed by atoms with Gasteiger partial charge in [-0.1, -0.05) is 27.5 Å². The second-order valence-electron chi connectivity index (χ2n) is 4.20. The third-order valence-corrected chi connectivity index (χ3v) is 4.21. The van der Waals surface area contributed by atoms with Gasteiger partial charge in [0.1, 0.15) is 18.2 Å². The second-order valence-corrected chi connectivity index (χ2v) is 7.09. The summed E-state index contributed by atoms with van der Waals surface area (Å²) in [6, 6.07) is 8.26. The van der Waals surface area contributed by atoms with Crippen LogP contribution in [-0.2, 0) is 16.6 Å². The van der Waals surface area contributed by atoms with Crippen molar-refractivity contribution in [3.05, 3.63) is 57.3 Å². The van der Waals surface area contributed by atoms with Gasteiger partial charge >= 0.3 is 0 Å². The molecule has 0 unspecified atom stereocenters. The van der Waals surface area contributed by atoms with E-state index in [0.717, 1.165) is 0 Å². The van der Waals surface area contributed by atoms with E-state index in [-0.39, 0.29) is 22.3 Å². The number of benzene rings is 2. The van der Waals surface area contributed by atoms with Crippen molar-refractivity contribution < 1.29 is 17.5 Å². The lowest BCUT2D eigenvalue weighted by atomic mass is 10.2. The Kier molecular flexibility index (Phi) is 4.88. The van der Waals surface area contributed by atoms with E-state index in [4.69, 9.17) is 21.5 Å². The van der Waals surface area contributed by atoms with Gasteiger partial charge in [-0.2, -0.15) is 0 Å². The van der Waals surface area contributed by atoms with Gasteiger partial charge in [0.25, 0.3) is 0 Å². The predicted octanol–water partition coefficient (Wildman–Crippen LogP) is 3.47. The number of primary sulfonamides is 1. The molecule has 2 aromatic carbocycles. The summed E-state index contributed by atoms with van der Waals surface area (Å²) in [6.45, 7) is 0.0881. The van der Waals surface area contributed by atoms with Crippen molar-refractivity contribution >= 4 is 37.6 Å². The largest absolute Gasteiger partial charge is 0.487 e. The molecule has 0 aliphatic heterocycles. The van der Waals surface area contributed by atoms with Gasteiger partial charge in [0, 0.05) is 4.47 Å². The molecule has 0 amide bonds. The zero-order valence-corrected chi connectivity index (χ0v) is 13.7. The molecule has 8 heteroatoms. The second kappa shape index (κ2) is 6.31. The van der Waals surface area contributed by atoms with Gasteiger partial charge in [0.2, 0.25) is 10.0 Å². The summed E-state index contributed by atoms with van der Waals surface area (Å²) in [5.41, 5.74) is 0.605. The Morgan fingerprint density at radius 3 is 2.52 bits per heavy atom. The van der Waals surface area contributed by atoms with Gasteiger partial charge in [-0.15, -0.1) is 0 Å². The van der Waals surface area contributed by atoms with Crippen molar-refractivity contribution in [2.45, 2.75) is 11.5 Å². The molecular weight excluding hydrogens is 385 g/mol. The Morgan fingerprint density at radius 2 is 1.95 bits per heavy atom. The van der Waals surface area contributed by atoms with E-state index in [0.29, 0.717) is 10.0 Å². The van der Waals surface area contributed by atoms with E-state index in [1.54, 1.807) is 6.07 Å². The smallest absolute Gasteiger partial charge is 0.238 e. The fraction of sp³-hybridized carbons (Fsp3) is 0.0769. The van der Waals surface area contributed by atoms with Crippen LogP contribution >= 0.6 is 27.5 Å². The van der Waals surface area contributed by atoms with E-state index in [1.807, 2.05) is 0 Å². The van der Waals surface area contributed by atoms with Gasteiger partial charge in [0.15, 0.2) is 0 Å². The monoisotopic (exact) mass is 393 g/mol. The van der Waals surface area contributed by atoms with Crippen LogP contribution in [0.4, 0.5) is 4.39 Å². The summed E-state index contributed by atoms with van der Waals surface area (Å²) in [5.74, 6) is -0.108. The highest BCUT2D eigenvalue weighted by Crippen LogP contribution is 2.28. The molecular formula is C13H10BrClFNO3S. The number of nitrogens with two attached hydrogens (primary N) is 1. The highest BCUT2D eigenvalue weighted by molar-refractivity contribution is 9.10. The maximum absolute atomic E-state index is 13.2. The van der Waals surface area contributed by atoms with Crippen LogP contribution < -0.4 is 9.88 Å². The van der Waals surface area contributed by atoms with Crippen LogP contribution in [-0.4, -0.2) is 8.42 Å². The van der Waals surface area contributed by atoms with E-state index < -0.39 is 15.8 Å². The average Bonchev–Trinajstić information content (AvgIpc) is 2.35. The van der Waals surface area contributed by atoms with Gasteiger partial charge in [-0.25, -0.2) is 17.9 Å². The lowest BCUT2D eigenvalue weighted by Gasteiger charge is -2.09. The summed E-state index contributed by atoms with van der Waals surface area (Å²) in [7, 11) is -3.82. The molecule has 0 aromatic heterocycles. The minimum absolute atomic E-state index is 0.0881. The first kappa shape index (κ1) is 16.2. The first-order valence-corrected chi connectivity index (χ1v) is 8.37. The van der Waals surface area contributed by atoms with Crippen LogP contribution in [0.3, 0.4) is 0 Å². The van der Waals surface area contributed by atoms with Gasteiger partial charge in [0.05, 0.1) is 9.92 Å². The molecule has 112 valence electrons. The number of hydrogen-bond donors (Lipinski definition) is 1. The van der Waals surface area contributed by atoms with Crippen LogP contribution in [0.15, 0.2) is 45.8 Å². The van der Waals surface area contributed by atoms with Crippen molar-refractivity contribution in [3.63, 3.8) is 0 Å². The molecule has 2 aromatic rings. The fourth-order valence-corrected chi connectivity index (χ4v) is 2.98. The summed E-state index contributed by atoms with van der Waals surface area (Å²) >= 11 is 9.12. The lowest BCUT2D eigenvalue weighted by Crippen LogP contribution is -2.12. The normalized spacial score (nSPS) is 11.4. The van der Waals surface area contributed by atoms with Crippen molar-refractivity contribution in [2.24, 2.45) is 5.14 Å². The van der Waals surface area contributed by atoms with E-state index in [1.165, 1.54) is 30.3 Å². The topological polar surface area (TPSA) is 69.4 Å². The first-order chi connectivity index (χ1) is 9.75. The molecule has 0 aliphatic rings. The van der Waals surface area contributed by atoms with Crippen molar-refractivity contribution in [1.29, 1.82) is 0 Å². The number of halogens is 3. The molecule has 0 heterocycles. The molecule has 2 rings (SSSR count). The number of ether oxygens (including phenoxy) is 1. The minimum Gasteiger partial charge on any atom is -0.487 e. The van der Waals surface area contributed by atoms with Crippen LogP contribution in [0.5, 0.6) is 5.75 Å². The van der Waals surface area contributed by atoms with Gasteiger partial charge < -0.3 is 4.74 Å². The third-order valence-electron chi connectivity index (χ3n) is 2.55. The molecule has 0 radical (unpaired) electrons. The number of sulfonamides is 1. The lowest BCUT2D eigenvalue weighted by molar-refractivity contribution is 0.305. The maximum atomic E-state index is 13.2. The molecule has 0 fully saturated rings. The molecule has 0 aliphatic carbocycles. The molecule has 4 nitrogen and oxygen atoms in total. The van der Waals surface area contributed by atoms with Crippen molar-refractivity contribution in [3.8, 4) is 5.75 Å². The van der Waals surface area contributed by atoms with Crippen LogP contribution in [0.1, 0.15) is 5.56 Å². The number of hydrogen-bond acceptors (Lipinski definition) is 3. The van der Waals surface area contributed by atoms with Crippen LogP contribution in [0.2, 0.25) is 5.02 Å². The summed E-state index contributed by atoms with van der Waals surface area (Å²) in [5, 5.41) is 5.11. The average molecular weight is 395 g/mol. The van der Waals surface area contributed by atoms with E-state index in [9.17, 15) is 12.8 Å².